The van der Waals surface area contributed by atoms with E-state index in [1.807, 2.05) is 60.9 Å². The van der Waals surface area contributed by atoms with E-state index in [1.54, 1.807) is 0 Å². The van der Waals surface area contributed by atoms with Gasteiger partial charge in [0.25, 0.3) is 5.91 Å². The quantitative estimate of drug-likeness (QED) is 0.570. The maximum Gasteiger partial charge on any atom is 0.260 e. The number of hydrazone groups is 1. The molecule has 3 aromatic rings. The maximum absolute atomic E-state index is 12.4. The molecule has 0 unspecified atom stereocenters. The molecule has 2 heterocycles. The number of fused-ring (bicyclic) bond motifs is 2. The minimum Gasteiger partial charge on any atom is -0.486 e. The van der Waals surface area contributed by atoms with Gasteiger partial charge in [-0.15, -0.1) is 0 Å². The third-order valence-electron chi connectivity index (χ3n) is 4.46. The molecule has 1 aliphatic heterocycles. The Hall–Kier alpha value is -3.35. The molecule has 4 rings (SSSR count). The number of nitrogens with one attached hydrogen (secondary N) is 1. The summed E-state index contributed by atoms with van der Waals surface area (Å²) in [5.74, 6) is 2.00. The van der Waals surface area contributed by atoms with Crippen LogP contribution in [0, 0.1) is 6.92 Å². The van der Waals surface area contributed by atoms with Crippen LogP contribution in [0.3, 0.4) is 0 Å². The van der Waals surface area contributed by atoms with Crippen molar-refractivity contribution in [1.29, 1.82) is 0 Å². The molecule has 7 heteroatoms. The van der Waals surface area contributed by atoms with Crippen LogP contribution in [0.25, 0.3) is 11.0 Å². The molecule has 1 aromatic heterocycles. The Labute approximate surface area is 156 Å². The molecule has 0 radical (unpaired) electrons. The first-order valence-electron chi connectivity index (χ1n) is 8.77. The number of nitrogens with zero attached hydrogens (tertiary/aromatic N) is 3. The van der Waals surface area contributed by atoms with Crippen LogP contribution in [0.4, 0.5) is 0 Å². The van der Waals surface area contributed by atoms with Crippen molar-refractivity contribution in [1.82, 2.24) is 15.0 Å². The number of hydrogen-bond acceptors (Lipinski definition) is 5. The number of benzene rings is 2. The minimum absolute atomic E-state index is 0.157. The van der Waals surface area contributed by atoms with E-state index in [1.165, 1.54) is 0 Å². The summed E-state index contributed by atoms with van der Waals surface area (Å²) in [6, 6.07) is 13.4. The lowest BCUT2D eigenvalue weighted by Crippen LogP contribution is -2.24. The highest BCUT2D eigenvalue weighted by Crippen LogP contribution is 2.30. The normalized spacial score (nSPS) is 13.6. The van der Waals surface area contributed by atoms with Gasteiger partial charge >= 0.3 is 0 Å². The van der Waals surface area contributed by atoms with Gasteiger partial charge in [0.15, 0.2) is 11.5 Å². The van der Waals surface area contributed by atoms with Crippen LogP contribution < -0.4 is 14.9 Å². The number of aromatic nitrogens is 2. The molecule has 2 aromatic carbocycles. The molecular formula is C20H20N4O3. The number of para-hydroxylation sites is 2. The van der Waals surface area contributed by atoms with Crippen molar-refractivity contribution in [3.8, 4) is 11.5 Å². The summed E-state index contributed by atoms with van der Waals surface area (Å²) in [6.45, 7) is 4.96. The lowest BCUT2D eigenvalue weighted by Gasteiger charge is -2.18. The fraction of sp³-hybridized carbons (Fsp3) is 0.250. The van der Waals surface area contributed by atoms with Gasteiger partial charge in [0.2, 0.25) is 0 Å². The van der Waals surface area contributed by atoms with Crippen LogP contribution in [0.2, 0.25) is 0 Å². The molecule has 1 N–H and O–H groups in total. The van der Waals surface area contributed by atoms with Crippen molar-refractivity contribution in [2.24, 2.45) is 5.10 Å². The summed E-state index contributed by atoms with van der Waals surface area (Å²) in [4.78, 5) is 16.8. The zero-order valence-corrected chi connectivity index (χ0v) is 15.2. The van der Waals surface area contributed by atoms with Gasteiger partial charge in [0.1, 0.15) is 25.6 Å². The van der Waals surface area contributed by atoms with Gasteiger partial charge in [0.05, 0.1) is 16.7 Å². The Kier molecular flexibility index (Phi) is 4.50. The van der Waals surface area contributed by atoms with Crippen LogP contribution >= 0.6 is 0 Å². The largest absolute Gasteiger partial charge is 0.486 e. The molecule has 138 valence electrons. The third-order valence-corrected chi connectivity index (χ3v) is 4.46. The van der Waals surface area contributed by atoms with Crippen molar-refractivity contribution >= 4 is 22.7 Å². The second-order valence-corrected chi connectivity index (χ2v) is 6.32. The Balaban J connectivity index is 1.47. The standard InChI is InChI=1S/C20H20N4O3/c1-13(15-7-8-18-19(11-15)27-10-9-26-18)22-23-20(25)12-24-14(2)21-16-5-3-4-6-17(16)24/h3-8,11H,9-10,12H2,1-2H3,(H,23,25)/b22-13-. The zero-order valence-electron chi connectivity index (χ0n) is 15.2. The number of hydrogen-bond donors (Lipinski definition) is 1. The van der Waals surface area contributed by atoms with E-state index in [-0.39, 0.29) is 12.5 Å². The molecule has 7 nitrogen and oxygen atoms in total. The lowest BCUT2D eigenvalue weighted by molar-refractivity contribution is -0.121. The fourth-order valence-corrected chi connectivity index (χ4v) is 3.05. The van der Waals surface area contributed by atoms with Gasteiger partial charge in [-0.2, -0.15) is 5.10 Å². The van der Waals surface area contributed by atoms with Gasteiger partial charge in [-0.25, -0.2) is 10.4 Å². The van der Waals surface area contributed by atoms with Gasteiger partial charge in [0, 0.05) is 5.56 Å². The summed E-state index contributed by atoms with van der Waals surface area (Å²) in [7, 11) is 0. The summed E-state index contributed by atoms with van der Waals surface area (Å²) in [6.07, 6.45) is 0. The van der Waals surface area contributed by atoms with Crippen molar-refractivity contribution in [2.45, 2.75) is 20.4 Å². The second kappa shape index (κ2) is 7.11. The van der Waals surface area contributed by atoms with Gasteiger partial charge in [-0.1, -0.05) is 12.1 Å². The van der Waals surface area contributed by atoms with Crippen LogP contribution in [0.1, 0.15) is 18.3 Å². The molecular weight excluding hydrogens is 344 g/mol. The zero-order chi connectivity index (χ0) is 18.8. The molecule has 1 amide bonds. The summed E-state index contributed by atoms with van der Waals surface area (Å²) < 4.78 is 13.0. The van der Waals surface area contributed by atoms with E-state index >= 15 is 0 Å². The number of aryl methyl sites for hydroxylation is 1. The summed E-state index contributed by atoms with van der Waals surface area (Å²) in [5, 5.41) is 4.22. The summed E-state index contributed by atoms with van der Waals surface area (Å²) >= 11 is 0. The van der Waals surface area contributed by atoms with E-state index in [2.05, 4.69) is 15.5 Å². The van der Waals surface area contributed by atoms with E-state index < -0.39 is 0 Å². The molecule has 1 aliphatic rings. The molecule has 27 heavy (non-hydrogen) atoms. The lowest BCUT2D eigenvalue weighted by atomic mass is 10.1. The number of imidazole rings is 1. The van der Waals surface area contributed by atoms with Crippen molar-refractivity contribution < 1.29 is 14.3 Å². The number of ether oxygens (including phenoxy) is 2. The number of amides is 1. The second-order valence-electron chi connectivity index (χ2n) is 6.32. The Morgan fingerprint density at radius 2 is 1.96 bits per heavy atom. The number of carbonyl (C=O) groups excluding carboxylic acids is 1. The number of carbonyl (C=O) groups is 1. The Bertz CT molecular complexity index is 1040. The van der Waals surface area contributed by atoms with Gasteiger partial charge in [-0.3, -0.25) is 4.79 Å². The van der Waals surface area contributed by atoms with Crippen LogP contribution in [-0.4, -0.2) is 34.4 Å². The SMILES string of the molecule is C/C(=N/NC(=O)Cn1c(C)nc2ccccc21)c1ccc2c(c1)OCCO2. The van der Waals surface area contributed by atoms with Gasteiger partial charge < -0.3 is 14.0 Å². The average molecular weight is 364 g/mol. The summed E-state index contributed by atoms with van der Waals surface area (Å²) in [5.41, 5.74) is 5.97. The average Bonchev–Trinajstić information content (AvgIpc) is 3.01. The van der Waals surface area contributed by atoms with E-state index in [0.717, 1.165) is 28.2 Å². The molecule has 0 saturated heterocycles. The number of rotatable bonds is 4. The molecule has 0 fully saturated rings. The molecule has 0 atom stereocenters. The van der Waals surface area contributed by atoms with Gasteiger partial charge in [-0.05, 0) is 44.2 Å². The van der Waals surface area contributed by atoms with E-state index in [0.29, 0.717) is 24.7 Å². The smallest absolute Gasteiger partial charge is 0.260 e. The predicted molar refractivity (Wildman–Crippen MR) is 102 cm³/mol. The first-order chi connectivity index (χ1) is 13.1. The minimum atomic E-state index is -0.210. The first-order valence-corrected chi connectivity index (χ1v) is 8.77. The molecule has 0 spiro atoms. The van der Waals surface area contributed by atoms with Crippen LogP contribution in [-0.2, 0) is 11.3 Å². The van der Waals surface area contributed by atoms with Crippen LogP contribution in [0.15, 0.2) is 47.6 Å². The predicted octanol–water partition coefficient (Wildman–Crippen LogP) is 2.66. The van der Waals surface area contributed by atoms with Crippen molar-refractivity contribution in [3.05, 3.63) is 53.9 Å². The highest BCUT2D eigenvalue weighted by Gasteiger charge is 2.13. The highest BCUT2D eigenvalue weighted by molar-refractivity contribution is 5.99. The fourth-order valence-electron chi connectivity index (χ4n) is 3.05. The van der Waals surface area contributed by atoms with Crippen molar-refractivity contribution in [3.63, 3.8) is 0 Å². The van der Waals surface area contributed by atoms with Crippen molar-refractivity contribution in [2.75, 3.05) is 13.2 Å². The topological polar surface area (TPSA) is 77.7 Å². The molecule has 0 saturated carbocycles. The van der Waals surface area contributed by atoms with Crippen LogP contribution in [0.5, 0.6) is 11.5 Å². The Morgan fingerprint density at radius 3 is 2.81 bits per heavy atom. The van der Waals surface area contributed by atoms with E-state index in [9.17, 15) is 4.79 Å². The highest BCUT2D eigenvalue weighted by atomic mass is 16.6. The monoisotopic (exact) mass is 364 g/mol. The maximum atomic E-state index is 12.4. The third kappa shape index (κ3) is 3.48. The molecule has 0 bridgehead atoms. The molecule has 0 aliphatic carbocycles. The van der Waals surface area contributed by atoms with E-state index in [4.69, 9.17) is 9.47 Å². The Morgan fingerprint density at radius 1 is 1.19 bits per heavy atom. The first kappa shape index (κ1) is 17.1.